The summed E-state index contributed by atoms with van der Waals surface area (Å²) >= 11 is 9.23. The molecule has 0 saturated heterocycles. The molecule has 0 unspecified atom stereocenters. The Morgan fingerprint density at radius 2 is 1.80 bits per heavy atom. The predicted octanol–water partition coefficient (Wildman–Crippen LogP) is 5.45. The molecule has 2 nitrogen and oxygen atoms in total. The first-order valence-electron chi connectivity index (χ1n) is 5.47. The maximum atomic E-state index is 12.5. The number of benzene rings is 2. The molecule has 0 aromatic heterocycles. The van der Waals surface area contributed by atoms with Crippen LogP contribution in [0.2, 0.25) is 5.02 Å². The van der Waals surface area contributed by atoms with Crippen molar-refractivity contribution >= 4 is 44.6 Å². The average molecular weight is 366 g/mol. The van der Waals surface area contributed by atoms with Crippen molar-refractivity contribution in [3.63, 3.8) is 0 Å². The molecule has 0 aliphatic carbocycles. The average Bonchev–Trinajstić information content (AvgIpc) is 2.36. The lowest BCUT2D eigenvalue weighted by Crippen LogP contribution is -2.06. The van der Waals surface area contributed by atoms with Gasteiger partial charge in [0.1, 0.15) is 0 Å². The van der Waals surface area contributed by atoms with E-state index >= 15 is 0 Å². The van der Waals surface area contributed by atoms with E-state index < -0.39 is 11.7 Å². The van der Waals surface area contributed by atoms with Gasteiger partial charge < -0.3 is 11.1 Å². The van der Waals surface area contributed by atoms with Crippen LogP contribution >= 0.6 is 27.5 Å². The molecule has 0 saturated carbocycles. The molecule has 0 atom stereocenters. The van der Waals surface area contributed by atoms with Crippen molar-refractivity contribution in [2.45, 2.75) is 6.18 Å². The number of alkyl halides is 3. The van der Waals surface area contributed by atoms with E-state index in [4.69, 9.17) is 17.3 Å². The lowest BCUT2D eigenvalue weighted by Gasteiger charge is -2.14. The largest absolute Gasteiger partial charge is 0.416 e. The molecule has 2 aromatic carbocycles. The van der Waals surface area contributed by atoms with Gasteiger partial charge in [-0.15, -0.1) is 0 Å². The van der Waals surface area contributed by atoms with Crippen molar-refractivity contribution in [1.29, 1.82) is 0 Å². The van der Waals surface area contributed by atoms with Crippen molar-refractivity contribution in [2.24, 2.45) is 0 Å². The van der Waals surface area contributed by atoms with Crippen LogP contribution in [0.15, 0.2) is 40.9 Å². The number of halogens is 5. The predicted molar refractivity (Wildman–Crippen MR) is 78.3 cm³/mol. The summed E-state index contributed by atoms with van der Waals surface area (Å²) in [7, 11) is 0. The van der Waals surface area contributed by atoms with Crippen LogP contribution in [-0.2, 0) is 6.18 Å². The molecule has 106 valence electrons. The zero-order valence-electron chi connectivity index (χ0n) is 9.93. The third-order valence-corrected chi connectivity index (χ3v) is 4.00. The zero-order chi connectivity index (χ0) is 14.9. The van der Waals surface area contributed by atoms with E-state index in [9.17, 15) is 13.2 Å². The van der Waals surface area contributed by atoms with Crippen LogP contribution in [0.1, 0.15) is 5.56 Å². The van der Waals surface area contributed by atoms with Gasteiger partial charge in [0.2, 0.25) is 0 Å². The number of hydrogen-bond donors (Lipinski definition) is 2. The summed E-state index contributed by atoms with van der Waals surface area (Å²) in [5.41, 5.74) is 5.85. The van der Waals surface area contributed by atoms with Crippen molar-refractivity contribution in [1.82, 2.24) is 0 Å². The summed E-state index contributed by atoms with van der Waals surface area (Å²) < 4.78 is 38.2. The Bertz CT molecular complexity index is 644. The fraction of sp³-hybridized carbons (Fsp3) is 0.0769. The maximum absolute atomic E-state index is 12.5. The molecule has 0 aliphatic rings. The molecule has 2 rings (SSSR count). The Morgan fingerprint density at radius 1 is 1.10 bits per heavy atom. The van der Waals surface area contributed by atoms with Crippen molar-refractivity contribution in [3.05, 3.63) is 51.5 Å². The van der Waals surface area contributed by atoms with E-state index in [0.29, 0.717) is 20.9 Å². The molecule has 7 heteroatoms. The summed E-state index contributed by atoms with van der Waals surface area (Å²) in [6.45, 7) is 0. The summed E-state index contributed by atoms with van der Waals surface area (Å²) in [6, 6.07) is 8.28. The van der Waals surface area contributed by atoms with Gasteiger partial charge in [-0.05, 0) is 46.3 Å². The van der Waals surface area contributed by atoms with Crippen LogP contribution in [-0.4, -0.2) is 0 Å². The first kappa shape index (κ1) is 15.0. The zero-order valence-corrected chi connectivity index (χ0v) is 12.3. The second-order valence-electron chi connectivity index (χ2n) is 4.03. The molecule has 0 amide bonds. The van der Waals surface area contributed by atoms with Gasteiger partial charge in [0.05, 0.1) is 32.1 Å². The van der Waals surface area contributed by atoms with Crippen molar-refractivity contribution in [3.8, 4) is 0 Å². The van der Waals surface area contributed by atoms with E-state index in [1.807, 2.05) is 0 Å². The molecule has 0 bridgehead atoms. The molecule has 0 fully saturated rings. The third-order valence-electron chi connectivity index (χ3n) is 2.60. The highest BCUT2D eigenvalue weighted by Crippen LogP contribution is 2.36. The van der Waals surface area contributed by atoms with Crippen LogP contribution < -0.4 is 11.1 Å². The van der Waals surface area contributed by atoms with Crippen LogP contribution in [0, 0.1) is 0 Å². The van der Waals surface area contributed by atoms with Gasteiger partial charge in [-0.3, -0.25) is 0 Å². The van der Waals surface area contributed by atoms with Gasteiger partial charge in [0.15, 0.2) is 0 Å². The highest BCUT2D eigenvalue weighted by atomic mass is 79.9. The normalized spacial score (nSPS) is 11.4. The van der Waals surface area contributed by atoms with Gasteiger partial charge in [-0.25, -0.2) is 0 Å². The van der Waals surface area contributed by atoms with Crippen LogP contribution in [0.5, 0.6) is 0 Å². The highest BCUT2D eigenvalue weighted by Gasteiger charge is 2.30. The molecule has 0 radical (unpaired) electrons. The molecular weight excluding hydrogens is 357 g/mol. The smallest absolute Gasteiger partial charge is 0.397 e. The summed E-state index contributed by atoms with van der Waals surface area (Å²) in [5, 5.41) is 3.42. The summed E-state index contributed by atoms with van der Waals surface area (Å²) in [6.07, 6.45) is -4.41. The molecule has 20 heavy (non-hydrogen) atoms. The standard InChI is InChI=1S/C13H9BrClF3N2/c14-12-8(15)2-1-3-11(12)20-10-5-4-7(6-9(10)19)13(16,17)18/h1-6,20H,19H2. The minimum absolute atomic E-state index is 0.00620. The van der Waals surface area contributed by atoms with Crippen molar-refractivity contribution < 1.29 is 13.2 Å². The van der Waals surface area contributed by atoms with Crippen LogP contribution in [0.3, 0.4) is 0 Å². The Morgan fingerprint density at radius 3 is 2.40 bits per heavy atom. The van der Waals surface area contributed by atoms with Gasteiger partial charge in [0, 0.05) is 0 Å². The van der Waals surface area contributed by atoms with Gasteiger partial charge in [-0.1, -0.05) is 17.7 Å². The molecule has 0 heterocycles. The van der Waals surface area contributed by atoms with E-state index in [0.717, 1.165) is 12.1 Å². The SMILES string of the molecule is Nc1cc(C(F)(F)F)ccc1Nc1cccc(Cl)c1Br. The lowest BCUT2D eigenvalue weighted by atomic mass is 10.1. The molecular formula is C13H9BrClF3N2. The second-order valence-corrected chi connectivity index (χ2v) is 5.23. The van der Waals surface area contributed by atoms with E-state index in [2.05, 4.69) is 21.2 Å². The molecule has 0 aliphatic heterocycles. The Hall–Kier alpha value is -1.40. The number of hydrogen-bond acceptors (Lipinski definition) is 2. The van der Waals surface area contributed by atoms with Crippen LogP contribution in [0.25, 0.3) is 0 Å². The number of rotatable bonds is 2. The maximum Gasteiger partial charge on any atom is 0.416 e. The minimum atomic E-state index is -4.41. The number of nitrogen functional groups attached to an aromatic ring is 1. The van der Waals surface area contributed by atoms with E-state index in [-0.39, 0.29) is 5.69 Å². The first-order chi connectivity index (χ1) is 9.29. The number of anilines is 3. The third kappa shape index (κ3) is 3.19. The van der Waals surface area contributed by atoms with Crippen molar-refractivity contribution in [2.75, 3.05) is 11.1 Å². The number of nitrogens with two attached hydrogens (primary N) is 1. The monoisotopic (exact) mass is 364 g/mol. The summed E-state index contributed by atoms with van der Waals surface area (Å²) in [5.74, 6) is 0. The Kier molecular flexibility index (Phi) is 4.15. The van der Waals surface area contributed by atoms with E-state index in [1.54, 1.807) is 18.2 Å². The topological polar surface area (TPSA) is 38.0 Å². The quantitative estimate of drug-likeness (QED) is 0.695. The fourth-order valence-corrected chi connectivity index (χ4v) is 2.14. The number of nitrogens with one attached hydrogen (secondary N) is 1. The Labute approximate surface area is 126 Å². The van der Waals surface area contributed by atoms with Gasteiger partial charge in [0.25, 0.3) is 0 Å². The Balaban J connectivity index is 2.33. The molecule has 2 aromatic rings. The highest BCUT2D eigenvalue weighted by molar-refractivity contribution is 9.10. The second kappa shape index (κ2) is 5.54. The van der Waals surface area contributed by atoms with Gasteiger partial charge >= 0.3 is 6.18 Å². The van der Waals surface area contributed by atoms with Gasteiger partial charge in [-0.2, -0.15) is 13.2 Å². The lowest BCUT2D eigenvalue weighted by molar-refractivity contribution is -0.137. The van der Waals surface area contributed by atoms with Crippen LogP contribution in [0.4, 0.5) is 30.2 Å². The first-order valence-corrected chi connectivity index (χ1v) is 6.64. The minimum Gasteiger partial charge on any atom is -0.397 e. The molecule has 0 spiro atoms. The molecule has 3 N–H and O–H groups in total. The fourth-order valence-electron chi connectivity index (χ4n) is 1.60. The van der Waals surface area contributed by atoms with E-state index in [1.165, 1.54) is 6.07 Å². The summed E-state index contributed by atoms with van der Waals surface area (Å²) in [4.78, 5) is 0.